The van der Waals surface area contributed by atoms with E-state index in [-0.39, 0.29) is 5.25 Å². The summed E-state index contributed by atoms with van der Waals surface area (Å²) in [5, 5.41) is 20.0. The van der Waals surface area contributed by atoms with Crippen molar-refractivity contribution in [1.82, 2.24) is 40.1 Å². The molecule has 1 fully saturated rings. The van der Waals surface area contributed by atoms with Gasteiger partial charge in [-0.15, -0.1) is 10.2 Å². The second-order valence-corrected chi connectivity index (χ2v) is 7.64. The Labute approximate surface area is 157 Å². The lowest BCUT2D eigenvalue weighted by molar-refractivity contribution is 0.380. The van der Waals surface area contributed by atoms with Crippen molar-refractivity contribution in [3.8, 4) is 11.6 Å². The van der Waals surface area contributed by atoms with E-state index in [0.29, 0.717) is 30.0 Å². The number of furan rings is 1. The minimum atomic E-state index is -0.0965. The van der Waals surface area contributed by atoms with Crippen LogP contribution in [0.5, 0.6) is 0 Å². The van der Waals surface area contributed by atoms with E-state index < -0.39 is 0 Å². The van der Waals surface area contributed by atoms with Gasteiger partial charge in [0.15, 0.2) is 11.0 Å². The molecule has 0 spiro atoms. The molecule has 5 rings (SSSR count). The summed E-state index contributed by atoms with van der Waals surface area (Å²) in [6.07, 6.45) is 5.39. The number of nitrogens with zero attached hydrogens (tertiary/aromatic N) is 7. The van der Waals surface area contributed by atoms with E-state index in [4.69, 9.17) is 8.94 Å². The first-order valence-electron chi connectivity index (χ1n) is 8.59. The minimum absolute atomic E-state index is 0.0965. The maximum Gasteiger partial charge on any atom is 0.240 e. The highest BCUT2D eigenvalue weighted by Crippen LogP contribution is 2.42. The zero-order chi connectivity index (χ0) is 18.2. The summed E-state index contributed by atoms with van der Waals surface area (Å²) >= 11 is 1.53. The zero-order valence-electron chi connectivity index (χ0n) is 14.4. The molecule has 1 atom stereocenters. The van der Waals surface area contributed by atoms with Crippen molar-refractivity contribution < 1.29 is 8.94 Å². The summed E-state index contributed by atoms with van der Waals surface area (Å²) in [5.74, 6) is 3.71. The molecule has 0 aliphatic heterocycles. The van der Waals surface area contributed by atoms with Crippen LogP contribution in [0, 0.1) is 0 Å². The molecule has 0 amide bonds. The number of hydrogen-bond donors (Lipinski definition) is 1. The smallest absolute Gasteiger partial charge is 0.240 e. The van der Waals surface area contributed by atoms with Crippen molar-refractivity contribution in [1.29, 1.82) is 0 Å². The topological polar surface area (TPSA) is 124 Å². The van der Waals surface area contributed by atoms with Gasteiger partial charge in [-0.25, -0.2) is 4.98 Å². The van der Waals surface area contributed by atoms with Crippen molar-refractivity contribution in [3.63, 3.8) is 0 Å². The first kappa shape index (κ1) is 16.2. The van der Waals surface area contributed by atoms with Gasteiger partial charge in [0.25, 0.3) is 0 Å². The molecule has 138 valence electrons. The predicted octanol–water partition coefficient (Wildman–Crippen LogP) is 2.82. The molecule has 1 aliphatic rings. The van der Waals surface area contributed by atoms with Crippen molar-refractivity contribution in [2.75, 3.05) is 0 Å². The lowest BCUT2D eigenvalue weighted by Crippen LogP contribution is -2.06. The maximum atomic E-state index is 5.51. The molecule has 1 unspecified atom stereocenters. The molecule has 1 aliphatic carbocycles. The number of hydrogen-bond acceptors (Lipinski definition) is 9. The first-order chi connectivity index (χ1) is 13.3. The molecular weight excluding hydrogens is 368 g/mol. The Morgan fingerprint density at radius 1 is 1.37 bits per heavy atom. The Balaban J connectivity index is 1.38. The fourth-order valence-electron chi connectivity index (χ4n) is 2.76. The van der Waals surface area contributed by atoms with Crippen molar-refractivity contribution in [3.05, 3.63) is 42.2 Å². The summed E-state index contributed by atoms with van der Waals surface area (Å²) in [5.41, 5.74) is 0. The second kappa shape index (κ2) is 6.65. The third-order valence-electron chi connectivity index (χ3n) is 4.28. The van der Waals surface area contributed by atoms with Gasteiger partial charge in [0.1, 0.15) is 17.9 Å². The van der Waals surface area contributed by atoms with E-state index >= 15 is 0 Å². The third kappa shape index (κ3) is 3.25. The molecule has 0 radical (unpaired) electrons. The number of aromatic nitrogens is 8. The van der Waals surface area contributed by atoms with Gasteiger partial charge in [-0.1, -0.05) is 16.9 Å². The van der Waals surface area contributed by atoms with Gasteiger partial charge < -0.3 is 8.94 Å². The second-order valence-electron chi connectivity index (χ2n) is 6.33. The van der Waals surface area contributed by atoms with Crippen LogP contribution in [0.4, 0.5) is 0 Å². The standard InChI is InChI=1S/C16H16N8O2S/c1-9(15-19-13(23-26-15)12-17-8-18-20-12)27-16-22-21-14(10-4-5-10)24(16)7-11-3-2-6-25-11/h2-3,6,8-10H,4-5,7H2,1H3,(H,17,18,20). The SMILES string of the molecule is CC(Sc1nnc(C2CC2)n1Cc1ccco1)c1nc(-c2ncn[nH]2)no1. The van der Waals surface area contributed by atoms with Crippen molar-refractivity contribution in [2.45, 2.75) is 42.6 Å². The zero-order valence-corrected chi connectivity index (χ0v) is 15.3. The number of rotatable bonds is 7. The van der Waals surface area contributed by atoms with Gasteiger partial charge in [-0.05, 0) is 31.9 Å². The summed E-state index contributed by atoms with van der Waals surface area (Å²) in [6, 6.07) is 3.84. The molecule has 10 nitrogen and oxygen atoms in total. The van der Waals surface area contributed by atoms with Crippen LogP contribution in [0.25, 0.3) is 11.6 Å². The van der Waals surface area contributed by atoms with Gasteiger partial charge in [0.2, 0.25) is 11.7 Å². The summed E-state index contributed by atoms with van der Waals surface area (Å²) in [4.78, 5) is 8.43. The lowest BCUT2D eigenvalue weighted by atomic mass is 10.3. The number of nitrogens with one attached hydrogen (secondary N) is 1. The average Bonchev–Trinajstić information content (AvgIpc) is 3.19. The Hall–Kier alpha value is -2.95. The fourth-order valence-corrected chi connectivity index (χ4v) is 3.64. The predicted molar refractivity (Wildman–Crippen MR) is 93.8 cm³/mol. The van der Waals surface area contributed by atoms with E-state index in [2.05, 4.69) is 40.1 Å². The summed E-state index contributed by atoms with van der Waals surface area (Å²) in [6.45, 7) is 2.60. The Morgan fingerprint density at radius 2 is 2.30 bits per heavy atom. The van der Waals surface area contributed by atoms with E-state index in [1.54, 1.807) is 6.26 Å². The van der Waals surface area contributed by atoms with Gasteiger partial charge in [-0.2, -0.15) is 10.1 Å². The highest BCUT2D eigenvalue weighted by molar-refractivity contribution is 7.99. The van der Waals surface area contributed by atoms with Crippen LogP contribution in [0.1, 0.15) is 48.4 Å². The average molecular weight is 384 g/mol. The van der Waals surface area contributed by atoms with E-state index in [1.165, 1.54) is 18.1 Å². The molecule has 4 heterocycles. The molecule has 4 aromatic rings. The third-order valence-corrected chi connectivity index (χ3v) is 5.35. The number of H-pyrrole nitrogens is 1. The van der Waals surface area contributed by atoms with Gasteiger partial charge in [0.05, 0.1) is 18.1 Å². The van der Waals surface area contributed by atoms with Crippen LogP contribution >= 0.6 is 11.8 Å². The van der Waals surface area contributed by atoms with Crippen molar-refractivity contribution in [2.24, 2.45) is 0 Å². The van der Waals surface area contributed by atoms with Crippen LogP contribution in [0.2, 0.25) is 0 Å². The molecule has 1 N–H and O–H groups in total. The molecule has 27 heavy (non-hydrogen) atoms. The summed E-state index contributed by atoms with van der Waals surface area (Å²) in [7, 11) is 0. The highest BCUT2D eigenvalue weighted by Gasteiger charge is 2.31. The van der Waals surface area contributed by atoms with Crippen LogP contribution in [-0.2, 0) is 6.54 Å². The van der Waals surface area contributed by atoms with Crippen LogP contribution < -0.4 is 0 Å². The van der Waals surface area contributed by atoms with Crippen LogP contribution in [0.3, 0.4) is 0 Å². The highest BCUT2D eigenvalue weighted by atomic mass is 32.2. The normalized spacial score (nSPS) is 15.3. The number of aromatic amines is 1. The largest absolute Gasteiger partial charge is 0.467 e. The Kier molecular flexibility index (Phi) is 4.00. The van der Waals surface area contributed by atoms with Crippen LogP contribution in [0.15, 0.2) is 38.8 Å². The monoisotopic (exact) mass is 384 g/mol. The van der Waals surface area contributed by atoms with E-state index in [9.17, 15) is 0 Å². The summed E-state index contributed by atoms with van der Waals surface area (Å²) < 4.78 is 13.0. The molecule has 0 saturated heterocycles. The Bertz CT molecular complexity index is 1020. The Morgan fingerprint density at radius 3 is 3.04 bits per heavy atom. The molecular formula is C16H16N8O2S. The molecule has 0 aromatic carbocycles. The maximum absolute atomic E-state index is 5.51. The van der Waals surface area contributed by atoms with E-state index in [1.807, 2.05) is 19.1 Å². The van der Waals surface area contributed by atoms with E-state index in [0.717, 1.165) is 29.6 Å². The fraction of sp³-hybridized carbons (Fsp3) is 0.375. The van der Waals surface area contributed by atoms with Crippen LogP contribution in [-0.4, -0.2) is 40.1 Å². The first-order valence-corrected chi connectivity index (χ1v) is 9.47. The minimum Gasteiger partial charge on any atom is -0.467 e. The quantitative estimate of drug-likeness (QED) is 0.479. The van der Waals surface area contributed by atoms with Gasteiger partial charge >= 0.3 is 0 Å². The molecule has 1 saturated carbocycles. The number of thioether (sulfide) groups is 1. The van der Waals surface area contributed by atoms with Gasteiger partial charge in [0, 0.05) is 5.92 Å². The molecule has 11 heteroatoms. The van der Waals surface area contributed by atoms with Crippen molar-refractivity contribution >= 4 is 11.8 Å². The lowest BCUT2D eigenvalue weighted by Gasteiger charge is -2.10. The molecule has 4 aromatic heterocycles. The van der Waals surface area contributed by atoms with Gasteiger partial charge in [-0.3, -0.25) is 9.67 Å². The molecule has 0 bridgehead atoms.